The second kappa shape index (κ2) is 5.19. The summed E-state index contributed by atoms with van der Waals surface area (Å²) >= 11 is 0. The maximum Gasteiger partial charge on any atom is 0.124 e. The minimum Gasteiger partial charge on any atom is -0.496 e. The number of aromatic nitrogens is 1. The first kappa shape index (κ1) is 12.6. The zero-order valence-corrected chi connectivity index (χ0v) is 10.8. The van der Waals surface area contributed by atoms with Crippen LogP contribution in [0.1, 0.15) is 28.5 Å². The van der Waals surface area contributed by atoms with Crippen molar-refractivity contribution in [1.29, 1.82) is 0 Å². The summed E-state index contributed by atoms with van der Waals surface area (Å²) in [6.07, 6.45) is 0.983. The van der Waals surface area contributed by atoms with E-state index in [2.05, 4.69) is 4.98 Å². The Kier molecular flexibility index (Phi) is 3.63. The highest BCUT2D eigenvalue weighted by Gasteiger charge is 2.14. The van der Waals surface area contributed by atoms with E-state index in [-0.39, 0.29) is 0 Å². The predicted octanol–water partition coefficient (Wildman–Crippen LogP) is 2.79. The molecule has 2 aromatic rings. The Labute approximate surface area is 107 Å². The fourth-order valence-corrected chi connectivity index (χ4v) is 2.17. The van der Waals surface area contributed by atoms with Gasteiger partial charge in [0.2, 0.25) is 0 Å². The van der Waals surface area contributed by atoms with E-state index in [9.17, 15) is 5.11 Å². The van der Waals surface area contributed by atoms with Gasteiger partial charge in [-0.3, -0.25) is 4.98 Å². The number of nitrogens with zero attached hydrogens (tertiary/aromatic N) is 1. The highest BCUT2D eigenvalue weighted by atomic mass is 16.5. The molecule has 94 valence electrons. The van der Waals surface area contributed by atoms with Crippen molar-refractivity contribution in [3.8, 4) is 5.75 Å². The third kappa shape index (κ3) is 2.36. The Morgan fingerprint density at radius 1 is 1.17 bits per heavy atom. The summed E-state index contributed by atoms with van der Waals surface area (Å²) in [5.74, 6) is 0.868. The van der Waals surface area contributed by atoms with Crippen molar-refractivity contribution >= 4 is 0 Å². The molecule has 0 radical (unpaired) electrons. The first-order valence-electron chi connectivity index (χ1n) is 5.87. The van der Waals surface area contributed by atoms with Crippen LogP contribution >= 0.6 is 0 Å². The quantitative estimate of drug-likeness (QED) is 0.901. The number of pyridine rings is 1. The van der Waals surface area contributed by atoms with E-state index in [4.69, 9.17) is 4.74 Å². The molecule has 0 bridgehead atoms. The summed E-state index contributed by atoms with van der Waals surface area (Å²) in [5, 5.41) is 10.3. The van der Waals surface area contributed by atoms with Gasteiger partial charge in [0.15, 0.2) is 0 Å². The smallest absolute Gasteiger partial charge is 0.124 e. The molecular weight excluding hydrogens is 226 g/mol. The zero-order valence-electron chi connectivity index (χ0n) is 10.8. The molecule has 3 heteroatoms. The Morgan fingerprint density at radius 2 is 1.83 bits per heavy atom. The molecule has 0 aliphatic rings. The Hall–Kier alpha value is -1.87. The summed E-state index contributed by atoms with van der Waals surface area (Å²) < 4.78 is 5.32. The van der Waals surface area contributed by atoms with E-state index >= 15 is 0 Å². The Bertz CT molecular complexity index is 514. The van der Waals surface area contributed by atoms with Crippen molar-refractivity contribution in [2.24, 2.45) is 0 Å². The average Bonchev–Trinajstić information content (AvgIpc) is 2.38. The Morgan fingerprint density at radius 3 is 2.33 bits per heavy atom. The van der Waals surface area contributed by atoms with Crippen molar-refractivity contribution in [3.05, 3.63) is 58.9 Å². The lowest BCUT2D eigenvalue weighted by Crippen LogP contribution is -2.03. The average molecular weight is 243 g/mol. The standard InChI is InChI=1S/C15H17NO2/c1-10-8-12(9-11(2)15(10)18-3)14(17)13-6-4-5-7-16-13/h4-9,14,17H,1-3H3/t14-/m0/s1. The molecule has 1 aromatic carbocycles. The molecule has 3 nitrogen and oxygen atoms in total. The molecular formula is C15H17NO2. The molecule has 0 saturated heterocycles. The van der Waals surface area contributed by atoms with Crippen LogP contribution in [-0.2, 0) is 0 Å². The molecule has 0 fully saturated rings. The second-order valence-corrected chi connectivity index (χ2v) is 4.35. The number of aliphatic hydroxyl groups is 1. The van der Waals surface area contributed by atoms with Crippen molar-refractivity contribution in [1.82, 2.24) is 4.98 Å². The van der Waals surface area contributed by atoms with Crippen LogP contribution in [0.4, 0.5) is 0 Å². The molecule has 0 aliphatic carbocycles. The Balaban J connectivity index is 2.41. The van der Waals surface area contributed by atoms with E-state index in [0.717, 1.165) is 22.4 Å². The van der Waals surface area contributed by atoms with Crippen molar-refractivity contribution in [2.45, 2.75) is 20.0 Å². The van der Waals surface area contributed by atoms with E-state index < -0.39 is 6.10 Å². The molecule has 18 heavy (non-hydrogen) atoms. The summed E-state index contributed by atoms with van der Waals surface area (Å²) in [4.78, 5) is 4.18. The van der Waals surface area contributed by atoms with Gasteiger partial charge in [0.05, 0.1) is 12.8 Å². The lowest BCUT2D eigenvalue weighted by Gasteiger charge is -2.15. The second-order valence-electron chi connectivity index (χ2n) is 4.35. The summed E-state index contributed by atoms with van der Waals surface area (Å²) in [6, 6.07) is 9.39. The number of hydrogen-bond acceptors (Lipinski definition) is 3. The highest BCUT2D eigenvalue weighted by Crippen LogP contribution is 2.29. The highest BCUT2D eigenvalue weighted by molar-refractivity contribution is 5.45. The molecule has 1 heterocycles. The lowest BCUT2D eigenvalue weighted by molar-refractivity contribution is 0.215. The van der Waals surface area contributed by atoms with Gasteiger partial charge in [0.25, 0.3) is 0 Å². The van der Waals surface area contributed by atoms with E-state index in [1.54, 1.807) is 13.3 Å². The van der Waals surface area contributed by atoms with Gasteiger partial charge >= 0.3 is 0 Å². The van der Waals surface area contributed by atoms with Crippen LogP contribution in [-0.4, -0.2) is 17.2 Å². The van der Waals surface area contributed by atoms with Gasteiger partial charge in [-0.25, -0.2) is 0 Å². The van der Waals surface area contributed by atoms with Crippen LogP contribution in [0.25, 0.3) is 0 Å². The minimum absolute atomic E-state index is 0.654. The molecule has 0 unspecified atom stereocenters. The topological polar surface area (TPSA) is 42.4 Å². The number of methoxy groups -OCH3 is 1. The number of benzene rings is 1. The first-order chi connectivity index (χ1) is 8.63. The van der Waals surface area contributed by atoms with Crippen LogP contribution in [0.15, 0.2) is 36.5 Å². The van der Waals surface area contributed by atoms with E-state index in [1.165, 1.54) is 0 Å². The largest absolute Gasteiger partial charge is 0.496 e. The van der Waals surface area contributed by atoms with Gasteiger partial charge in [-0.15, -0.1) is 0 Å². The van der Waals surface area contributed by atoms with Crippen molar-refractivity contribution in [2.75, 3.05) is 7.11 Å². The molecule has 0 amide bonds. The molecule has 0 saturated carbocycles. The van der Waals surface area contributed by atoms with Crippen molar-refractivity contribution < 1.29 is 9.84 Å². The number of hydrogen-bond donors (Lipinski definition) is 1. The lowest BCUT2D eigenvalue weighted by atomic mass is 10.00. The van der Waals surface area contributed by atoms with Crippen molar-refractivity contribution in [3.63, 3.8) is 0 Å². The number of aliphatic hydroxyl groups excluding tert-OH is 1. The van der Waals surface area contributed by atoms with Gasteiger partial charge in [-0.2, -0.15) is 0 Å². The molecule has 1 N–H and O–H groups in total. The fourth-order valence-electron chi connectivity index (χ4n) is 2.17. The number of aryl methyl sites for hydroxylation is 2. The SMILES string of the molecule is COc1c(C)cc([C@H](O)c2ccccn2)cc1C. The van der Waals surface area contributed by atoms with Gasteiger partial charge in [0, 0.05) is 6.20 Å². The predicted molar refractivity (Wildman–Crippen MR) is 70.8 cm³/mol. The summed E-state index contributed by atoms with van der Waals surface area (Å²) in [7, 11) is 1.66. The first-order valence-corrected chi connectivity index (χ1v) is 5.87. The summed E-state index contributed by atoms with van der Waals surface area (Å²) in [6.45, 7) is 3.95. The third-order valence-corrected chi connectivity index (χ3v) is 2.97. The minimum atomic E-state index is -0.700. The van der Waals surface area contributed by atoms with Gasteiger partial charge in [-0.1, -0.05) is 6.07 Å². The van der Waals surface area contributed by atoms with Crippen LogP contribution in [0, 0.1) is 13.8 Å². The van der Waals surface area contributed by atoms with Crippen LogP contribution in [0.3, 0.4) is 0 Å². The van der Waals surface area contributed by atoms with Gasteiger partial charge in [-0.05, 0) is 54.8 Å². The van der Waals surface area contributed by atoms with E-state index in [0.29, 0.717) is 5.69 Å². The van der Waals surface area contributed by atoms with E-state index in [1.807, 2.05) is 44.2 Å². The van der Waals surface area contributed by atoms with Crippen LogP contribution in [0.2, 0.25) is 0 Å². The van der Waals surface area contributed by atoms with Gasteiger partial charge < -0.3 is 9.84 Å². The molecule has 1 aromatic heterocycles. The van der Waals surface area contributed by atoms with Gasteiger partial charge in [0.1, 0.15) is 11.9 Å². The van der Waals surface area contributed by atoms with Crippen LogP contribution in [0.5, 0.6) is 5.75 Å². The maximum atomic E-state index is 10.3. The maximum absolute atomic E-state index is 10.3. The summed E-state index contributed by atoms with van der Waals surface area (Å²) in [5.41, 5.74) is 3.52. The zero-order chi connectivity index (χ0) is 13.1. The molecule has 0 spiro atoms. The number of rotatable bonds is 3. The molecule has 1 atom stereocenters. The molecule has 0 aliphatic heterocycles. The monoisotopic (exact) mass is 243 g/mol. The number of ether oxygens (including phenoxy) is 1. The fraction of sp³-hybridized carbons (Fsp3) is 0.267. The van der Waals surface area contributed by atoms with Crippen LogP contribution < -0.4 is 4.74 Å². The third-order valence-electron chi connectivity index (χ3n) is 2.97. The normalized spacial score (nSPS) is 12.2. The molecule has 2 rings (SSSR count).